The average molecular weight is 464 g/mol. The number of nitrogens with zero attached hydrogens (tertiary/aromatic N) is 1. The van der Waals surface area contributed by atoms with E-state index in [-0.39, 0.29) is 5.91 Å². The first-order valence-corrected chi connectivity index (χ1v) is 9.67. The van der Waals surface area contributed by atoms with Gasteiger partial charge in [0.1, 0.15) is 16.0 Å². The van der Waals surface area contributed by atoms with Crippen molar-refractivity contribution in [1.82, 2.24) is 5.43 Å². The lowest BCUT2D eigenvalue weighted by molar-refractivity contribution is -0.131. The number of rotatable bonds is 8. The summed E-state index contributed by atoms with van der Waals surface area (Å²) in [5.74, 6) is 0.796. The highest BCUT2D eigenvalue weighted by molar-refractivity contribution is 9.10. The lowest BCUT2D eigenvalue weighted by Gasteiger charge is -2.20. The Hall–Kier alpha value is -2.42. The summed E-state index contributed by atoms with van der Waals surface area (Å²) in [7, 11) is 4.59. The molecule has 0 aliphatic heterocycles. The van der Waals surface area contributed by atoms with Crippen LogP contribution >= 0.6 is 15.9 Å². The fourth-order valence-corrected chi connectivity index (χ4v) is 3.23. The Labute approximate surface area is 179 Å². The minimum Gasteiger partial charge on any atom is -0.495 e. The van der Waals surface area contributed by atoms with Gasteiger partial charge in [-0.1, -0.05) is 24.3 Å². The van der Waals surface area contributed by atoms with E-state index in [2.05, 4.69) is 26.5 Å². The molecule has 0 saturated heterocycles. The van der Waals surface area contributed by atoms with Crippen LogP contribution in [-0.4, -0.2) is 33.5 Å². The number of hydrogen-bond acceptors (Lipinski definition) is 6. The van der Waals surface area contributed by atoms with Gasteiger partial charge in [0.25, 0.3) is 5.91 Å². The maximum absolute atomic E-state index is 12.5. The molecule has 0 aliphatic carbocycles. The molecule has 1 atom stereocenters. The maximum Gasteiger partial charge on any atom is 0.273 e. The minimum absolute atomic E-state index is 0.389. The van der Waals surface area contributed by atoms with Crippen molar-refractivity contribution in [2.75, 3.05) is 21.3 Å². The van der Waals surface area contributed by atoms with Crippen molar-refractivity contribution in [2.24, 2.45) is 10.8 Å². The van der Waals surface area contributed by atoms with E-state index >= 15 is 0 Å². The third kappa shape index (κ3) is 5.79. The highest BCUT2D eigenvalue weighted by Gasteiger charge is 2.21. The minimum atomic E-state index is -0.795. The van der Waals surface area contributed by atoms with Crippen LogP contribution in [0.3, 0.4) is 0 Å². The average Bonchev–Trinajstić information content (AvgIpc) is 2.69. The molecule has 2 aromatic carbocycles. The van der Waals surface area contributed by atoms with Gasteiger partial charge in [0.05, 0.1) is 20.4 Å². The van der Waals surface area contributed by atoms with E-state index < -0.39 is 11.6 Å². The van der Waals surface area contributed by atoms with Crippen molar-refractivity contribution < 1.29 is 19.0 Å². The Kier molecular flexibility index (Phi) is 7.78. The van der Waals surface area contributed by atoms with Crippen LogP contribution in [0.1, 0.15) is 36.6 Å². The van der Waals surface area contributed by atoms with Gasteiger partial charge < -0.3 is 19.9 Å². The molecule has 0 aliphatic rings. The summed E-state index contributed by atoms with van der Waals surface area (Å²) in [5, 5.41) is 4.02. The molecule has 156 valence electrons. The van der Waals surface area contributed by atoms with Crippen LogP contribution in [0.5, 0.6) is 11.5 Å². The van der Waals surface area contributed by atoms with Gasteiger partial charge in [-0.2, -0.15) is 5.10 Å². The molecule has 0 bridgehead atoms. The number of nitrogens with one attached hydrogen (secondary N) is 1. The number of ether oxygens (including phenoxy) is 3. The fraction of sp³-hybridized carbons (Fsp3) is 0.333. The Balaban J connectivity index is 2.12. The standard InChI is InChI=1S/C21H26BrN3O4/c1-21(2,23)15-8-6-14(7-9-15)19(29-5)20(26)25-24-12-13-10-16(27-3)18(22)17(11-13)28-4/h6-12,19H,23H2,1-5H3,(H,25,26). The number of hydrogen-bond donors (Lipinski definition) is 2. The van der Waals surface area contributed by atoms with E-state index in [0.29, 0.717) is 27.1 Å². The SMILES string of the molecule is COc1cc(C=NNC(=O)C(OC)c2ccc(C(C)(C)N)cc2)cc(OC)c1Br. The maximum atomic E-state index is 12.5. The lowest BCUT2D eigenvalue weighted by atomic mass is 9.94. The number of carbonyl (C=O) groups excluding carboxylic acids is 1. The molecular weight excluding hydrogens is 438 g/mol. The number of carbonyl (C=O) groups is 1. The Morgan fingerprint density at radius 1 is 1.14 bits per heavy atom. The Morgan fingerprint density at radius 3 is 2.14 bits per heavy atom. The highest BCUT2D eigenvalue weighted by Crippen LogP contribution is 2.35. The van der Waals surface area contributed by atoms with Gasteiger partial charge >= 0.3 is 0 Å². The number of hydrazone groups is 1. The van der Waals surface area contributed by atoms with Crippen LogP contribution in [0.25, 0.3) is 0 Å². The smallest absolute Gasteiger partial charge is 0.273 e. The number of methoxy groups -OCH3 is 3. The van der Waals surface area contributed by atoms with Crippen molar-refractivity contribution >= 4 is 28.1 Å². The molecule has 1 unspecified atom stereocenters. The van der Waals surface area contributed by atoms with E-state index in [1.165, 1.54) is 13.3 Å². The van der Waals surface area contributed by atoms with E-state index in [9.17, 15) is 4.79 Å². The first-order valence-electron chi connectivity index (χ1n) is 8.87. The van der Waals surface area contributed by atoms with E-state index in [0.717, 1.165) is 5.56 Å². The predicted molar refractivity (Wildman–Crippen MR) is 116 cm³/mol. The lowest BCUT2D eigenvalue weighted by Crippen LogP contribution is -2.29. The first kappa shape index (κ1) is 22.9. The van der Waals surface area contributed by atoms with E-state index in [1.807, 2.05) is 38.1 Å². The van der Waals surface area contributed by atoms with Gasteiger partial charge in [-0.3, -0.25) is 4.79 Å². The summed E-state index contributed by atoms with van der Waals surface area (Å²) < 4.78 is 16.6. The monoisotopic (exact) mass is 463 g/mol. The molecule has 29 heavy (non-hydrogen) atoms. The zero-order chi connectivity index (χ0) is 21.6. The van der Waals surface area contributed by atoms with Crippen molar-refractivity contribution in [3.05, 3.63) is 57.6 Å². The van der Waals surface area contributed by atoms with Crippen molar-refractivity contribution in [3.8, 4) is 11.5 Å². The van der Waals surface area contributed by atoms with Crippen molar-refractivity contribution in [3.63, 3.8) is 0 Å². The molecular formula is C21H26BrN3O4. The van der Waals surface area contributed by atoms with Gasteiger partial charge in [0, 0.05) is 18.2 Å². The normalized spacial score (nSPS) is 12.7. The number of halogens is 1. The van der Waals surface area contributed by atoms with Gasteiger partial charge in [-0.15, -0.1) is 0 Å². The van der Waals surface area contributed by atoms with Gasteiger partial charge in [0.15, 0.2) is 6.10 Å². The van der Waals surface area contributed by atoms with Gasteiger partial charge in [-0.25, -0.2) is 5.43 Å². The number of nitrogens with two attached hydrogens (primary N) is 1. The summed E-state index contributed by atoms with van der Waals surface area (Å²) in [4.78, 5) is 12.5. The van der Waals surface area contributed by atoms with Crippen LogP contribution in [0, 0.1) is 0 Å². The topological polar surface area (TPSA) is 95.2 Å². The fourth-order valence-electron chi connectivity index (χ4n) is 2.68. The largest absolute Gasteiger partial charge is 0.495 e. The van der Waals surface area contributed by atoms with E-state index in [1.54, 1.807) is 26.4 Å². The van der Waals surface area contributed by atoms with Crippen LogP contribution in [0.2, 0.25) is 0 Å². The van der Waals surface area contributed by atoms with Crippen LogP contribution in [0.4, 0.5) is 0 Å². The molecule has 0 aromatic heterocycles. The third-order valence-electron chi connectivity index (χ3n) is 4.29. The summed E-state index contributed by atoms with van der Waals surface area (Å²) in [6.45, 7) is 3.84. The molecule has 2 aromatic rings. The zero-order valence-electron chi connectivity index (χ0n) is 17.2. The van der Waals surface area contributed by atoms with E-state index in [4.69, 9.17) is 19.9 Å². The van der Waals surface area contributed by atoms with Gasteiger partial charge in [0.2, 0.25) is 0 Å². The van der Waals surface area contributed by atoms with Crippen LogP contribution in [-0.2, 0) is 15.1 Å². The molecule has 8 heteroatoms. The molecule has 0 heterocycles. The van der Waals surface area contributed by atoms with Gasteiger partial charge in [-0.05, 0) is 53.0 Å². The van der Waals surface area contributed by atoms with Crippen LogP contribution < -0.4 is 20.6 Å². The molecule has 2 rings (SSSR count). The summed E-state index contributed by atoms with van der Waals surface area (Å²) in [6.07, 6.45) is 0.707. The number of benzene rings is 2. The third-order valence-corrected chi connectivity index (χ3v) is 5.07. The second-order valence-electron chi connectivity index (χ2n) is 6.93. The first-order chi connectivity index (χ1) is 13.7. The second kappa shape index (κ2) is 9.87. The predicted octanol–water partition coefficient (Wildman–Crippen LogP) is 3.50. The highest BCUT2D eigenvalue weighted by atomic mass is 79.9. The Bertz CT molecular complexity index is 851. The van der Waals surface area contributed by atoms with Crippen molar-refractivity contribution in [1.29, 1.82) is 0 Å². The van der Waals surface area contributed by atoms with Crippen LogP contribution in [0.15, 0.2) is 46.0 Å². The molecule has 0 saturated carbocycles. The molecule has 3 N–H and O–H groups in total. The zero-order valence-corrected chi connectivity index (χ0v) is 18.7. The summed E-state index contributed by atoms with van der Waals surface area (Å²) in [5.41, 5.74) is 10.5. The molecule has 0 radical (unpaired) electrons. The van der Waals surface area contributed by atoms with Crippen molar-refractivity contribution in [2.45, 2.75) is 25.5 Å². The summed E-state index contributed by atoms with van der Waals surface area (Å²) in [6, 6.07) is 11.0. The number of amides is 1. The summed E-state index contributed by atoms with van der Waals surface area (Å²) >= 11 is 3.41. The second-order valence-corrected chi connectivity index (χ2v) is 7.73. The molecule has 7 nitrogen and oxygen atoms in total. The molecule has 1 amide bonds. The molecule has 0 spiro atoms. The molecule has 0 fully saturated rings. The Morgan fingerprint density at radius 2 is 1.69 bits per heavy atom. The quantitative estimate of drug-likeness (QED) is 0.461.